The fourth-order valence-corrected chi connectivity index (χ4v) is 2.88. The molecule has 5 heteroatoms. The molecule has 1 aromatic heterocycles. The van der Waals surface area contributed by atoms with Crippen molar-refractivity contribution in [3.05, 3.63) is 23.0 Å². The molecule has 2 rings (SSSR count). The maximum Gasteiger partial charge on any atom is 0.201 e. The Labute approximate surface area is 117 Å². The first kappa shape index (κ1) is 14.1. The third-order valence-corrected chi connectivity index (χ3v) is 4.19. The molecule has 19 heavy (non-hydrogen) atoms. The van der Waals surface area contributed by atoms with E-state index in [1.807, 2.05) is 4.57 Å². The van der Waals surface area contributed by atoms with Crippen LogP contribution in [-0.4, -0.2) is 9.55 Å². The van der Waals surface area contributed by atoms with Gasteiger partial charge in [-0.2, -0.15) is 0 Å². The summed E-state index contributed by atoms with van der Waals surface area (Å²) in [5, 5.41) is 0.0762. The highest BCUT2D eigenvalue weighted by molar-refractivity contribution is 6.31. The fraction of sp³-hybridized carbons (Fsp3) is 0.500. The van der Waals surface area contributed by atoms with Crippen molar-refractivity contribution in [1.82, 2.24) is 9.55 Å². The van der Waals surface area contributed by atoms with Gasteiger partial charge < -0.3 is 10.3 Å². The lowest BCUT2D eigenvalue weighted by molar-refractivity contribution is 0.342. The topological polar surface area (TPSA) is 43.8 Å². The molecule has 1 aromatic carbocycles. The number of nitrogens with zero attached hydrogens (tertiary/aromatic N) is 2. The summed E-state index contributed by atoms with van der Waals surface area (Å²) in [6, 6.07) is 3.12. The molecule has 0 saturated carbocycles. The Kier molecular flexibility index (Phi) is 3.99. The van der Waals surface area contributed by atoms with E-state index in [0.29, 0.717) is 22.9 Å². The molecule has 1 atom stereocenters. The number of hydrogen-bond acceptors (Lipinski definition) is 2. The largest absolute Gasteiger partial charge is 0.369 e. The van der Waals surface area contributed by atoms with Crippen molar-refractivity contribution < 1.29 is 4.39 Å². The van der Waals surface area contributed by atoms with E-state index >= 15 is 0 Å². The second kappa shape index (κ2) is 5.37. The van der Waals surface area contributed by atoms with Crippen molar-refractivity contribution >= 4 is 28.6 Å². The Bertz CT molecular complexity index is 590. The molecule has 0 saturated heterocycles. The normalized spacial score (nSPS) is 13.4. The maximum atomic E-state index is 13.7. The lowest BCUT2D eigenvalue weighted by atomic mass is 9.95. The van der Waals surface area contributed by atoms with Crippen LogP contribution in [0.1, 0.15) is 39.7 Å². The molecule has 0 aliphatic carbocycles. The number of fused-ring (bicyclic) bond motifs is 1. The van der Waals surface area contributed by atoms with Gasteiger partial charge in [-0.25, -0.2) is 9.37 Å². The minimum absolute atomic E-state index is 0.0762. The van der Waals surface area contributed by atoms with Crippen LogP contribution in [0.3, 0.4) is 0 Å². The smallest absolute Gasteiger partial charge is 0.201 e. The number of aromatic nitrogens is 2. The van der Waals surface area contributed by atoms with Gasteiger partial charge in [-0.1, -0.05) is 38.3 Å². The van der Waals surface area contributed by atoms with Crippen LogP contribution in [0.2, 0.25) is 5.02 Å². The summed E-state index contributed by atoms with van der Waals surface area (Å²) in [7, 11) is 0. The average molecular weight is 284 g/mol. The molecule has 1 unspecified atom stereocenters. The maximum absolute atomic E-state index is 13.7. The van der Waals surface area contributed by atoms with Crippen molar-refractivity contribution in [3.63, 3.8) is 0 Å². The van der Waals surface area contributed by atoms with Gasteiger partial charge in [0.1, 0.15) is 5.82 Å². The number of halogens is 2. The van der Waals surface area contributed by atoms with E-state index in [9.17, 15) is 4.39 Å². The summed E-state index contributed by atoms with van der Waals surface area (Å²) >= 11 is 5.78. The van der Waals surface area contributed by atoms with Crippen molar-refractivity contribution in [2.24, 2.45) is 5.92 Å². The summed E-state index contributed by atoms with van der Waals surface area (Å²) < 4.78 is 15.6. The van der Waals surface area contributed by atoms with Gasteiger partial charge in [0, 0.05) is 12.1 Å². The first-order valence-electron chi connectivity index (χ1n) is 6.62. The van der Waals surface area contributed by atoms with E-state index in [1.165, 1.54) is 12.1 Å². The summed E-state index contributed by atoms with van der Waals surface area (Å²) in [6.07, 6.45) is 2.10. The second-order valence-corrected chi connectivity index (χ2v) is 5.32. The Hall–Kier alpha value is -1.29. The second-order valence-electron chi connectivity index (χ2n) is 4.91. The zero-order valence-corrected chi connectivity index (χ0v) is 12.2. The third kappa shape index (κ3) is 2.41. The van der Waals surface area contributed by atoms with Gasteiger partial charge in [0.05, 0.1) is 16.1 Å². The molecule has 104 valence electrons. The van der Waals surface area contributed by atoms with E-state index in [0.717, 1.165) is 12.8 Å². The van der Waals surface area contributed by atoms with Gasteiger partial charge in [0.2, 0.25) is 5.95 Å². The van der Waals surface area contributed by atoms with Crippen LogP contribution in [0.5, 0.6) is 0 Å². The zero-order chi connectivity index (χ0) is 14.2. The van der Waals surface area contributed by atoms with Crippen molar-refractivity contribution in [2.75, 3.05) is 5.73 Å². The average Bonchev–Trinajstić information content (AvgIpc) is 2.66. The van der Waals surface area contributed by atoms with Gasteiger partial charge >= 0.3 is 0 Å². The molecule has 3 nitrogen and oxygen atoms in total. The van der Waals surface area contributed by atoms with E-state index in [2.05, 4.69) is 25.8 Å². The molecule has 0 amide bonds. The zero-order valence-electron chi connectivity index (χ0n) is 11.5. The lowest BCUT2D eigenvalue weighted by Crippen LogP contribution is -2.17. The van der Waals surface area contributed by atoms with E-state index in [-0.39, 0.29) is 11.1 Å². The van der Waals surface area contributed by atoms with Crippen LogP contribution in [0.15, 0.2) is 12.1 Å². The van der Waals surface area contributed by atoms with Gasteiger partial charge in [0.25, 0.3) is 0 Å². The molecular weight excluding hydrogens is 265 g/mol. The molecule has 0 radical (unpaired) electrons. The predicted molar refractivity (Wildman–Crippen MR) is 77.9 cm³/mol. The van der Waals surface area contributed by atoms with Crippen LogP contribution in [0.4, 0.5) is 10.3 Å². The molecule has 0 aliphatic rings. The summed E-state index contributed by atoms with van der Waals surface area (Å²) in [6.45, 7) is 6.40. The monoisotopic (exact) mass is 283 g/mol. The summed E-state index contributed by atoms with van der Waals surface area (Å²) in [4.78, 5) is 4.28. The van der Waals surface area contributed by atoms with Crippen LogP contribution in [-0.2, 0) is 0 Å². The Morgan fingerprint density at radius 1 is 1.37 bits per heavy atom. The fourth-order valence-electron chi connectivity index (χ4n) is 2.72. The highest BCUT2D eigenvalue weighted by Crippen LogP contribution is 2.32. The number of nitrogen functional groups attached to an aromatic ring is 1. The molecule has 0 aliphatic heterocycles. The molecule has 0 fully saturated rings. The number of nitrogens with two attached hydrogens (primary N) is 1. The number of imidazole rings is 1. The number of hydrogen-bond donors (Lipinski definition) is 1. The highest BCUT2D eigenvalue weighted by Gasteiger charge is 2.21. The quantitative estimate of drug-likeness (QED) is 0.903. The van der Waals surface area contributed by atoms with Crippen LogP contribution in [0.25, 0.3) is 11.0 Å². The molecule has 0 bridgehead atoms. The number of rotatable bonds is 4. The molecular formula is C14H19ClFN3. The highest BCUT2D eigenvalue weighted by atomic mass is 35.5. The Balaban J connectivity index is 2.59. The SMILES string of the molecule is CCC(CC)C(C)n1c(N)nc2cc(Cl)c(F)cc21. The van der Waals surface area contributed by atoms with E-state index in [1.54, 1.807) is 0 Å². The number of benzene rings is 1. The van der Waals surface area contributed by atoms with Crippen molar-refractivity contribution in [2.45, 2.75) is 39.7 Å². The summed E-state index contributed by atoms with van der Waals surface area (Å²) in [5.74, 6) is 0.460. The van der Waals surface area contributed by atoms with Crippen molar-refractivity contribution in [1.29, 1.82) is 0 Å². The third-order valence-electron chi connectivity index (χ3n) is 3.90. The molecule has 2 N–H and O–H groups in total. The van der Waals surface area contributed by atoms with Gasteiger partial charge in [0.15, 0.2) is 0 Å². The minimum atomic E-state index is -0.438. The first-order valence-corrected chi connectivity index (χ1v) is 6.99. The van der Waals surface area contributed by atoms with E-state index in [4.69, 9.17) is 17.3 Å². The standard InChI is InChI=1S/C14H19ClFN3/c1-4-9(5-2)8(3)19-13-7-11(16)10(15)6-12(13)18-14(19)17/h6-9H,4-5H2,1-3H3,(H2,17,18). The minimum Gasteiger partial charge on any atom is -0.369 e. The van der Waals surface area contributed by atoms with Crippen LogP contribution >= 0.6 is 11.6 Å². The van der Waals surface area contributed by atoms with Crippen molar-refractivity contribution in [3.8, 4) is 0 Å². The lowest BCUT2D eigenvalue weighted by Gasteiger charge is -2.24. The Morgan fingerprint density at radius 3 is 2.58 bits per heavy atom. The van der Waals surface area contributed by atoms with Gasteiger partial charge in [-0.3, -0.25) is 0 Å². The molecule has 0 spiro atoms. The van der Waals surface area contributed by atoms with Gasteiger partial charge in [-0.05, 0) is 18.9 Å². The number of anilines is 1. The first-order chi connectivity index (χ1) is 8.99. The Morgan fingerprint density at radius 2 is 2.00 bits per heavy atom. The predicted octanol–water partition coefficient (Wildman–Crippen LogP) is 4.41. The van der Waals surface area contributed by atoms with Gasteiger partial charge in [-0.15, -0.1) is 0 Å². The summed E-state index contributed by atoms with van der Waals surface area (Å²) in [5.41, 5.74) is 7.34. The molecule has 2 aromatic rings. The van der Waals surface area contributed by atoms with E-state index < -0.39 is 5.82 Å². The van der Waals surface area contributed by atoms with Crippen LogP contribution < -0.4 is 5.73 Å². The molecule has 1 heterocycles. The van der Waals surface area contributed by atoms with Crippen LogP contribution in [0, 0.1) is 11.7 Å².